The van der Waals surface area contributed by atoms with Gasteiger partial charge in [0.2, 0.25) is 0 Å². The van der Waals surface area contributed by atoms with E-state index in [0.29, 0.717) is 28.1 Å². The van der Waals surface area contributed by atoms with Crippen molar-refractivity contribution in [3.63, 3.8) is 0 Å². The number of nitrogens with two attached hydrogens (primary N) is 1. The molecule has 5 N–H and O–H groups in total. The molecule has 0 aliphatic carbocycles. The normalized spacial score (nSPS) is 10.9. The number of hydrogen-bond donors (Lipinski definition) is 4. The van der Waals surface area contributed by atoms with Crippen LogP contribution in [0.4, 0.5) is 16.2 Å². The van der Waals surface area contributed by atoms with Crippen molar-refractivity contribution in [2.75, 3.05) is 25.1 Å². The Bertz CT molecular complexity index is 869. The van der Waals surface area contributed by atoms with Crippen LogP contribution in [0.2, 0.25) is 5.02 Å². The van der Waals surface area contributed by atoms with E-state index < -0.39 is 5.54 Å². The molecule has 1 atom stereocenters. The highest BCUT2D eigenvalue weighted by Crippen LogP contribution is 2.25. The quantitative estimate of drug-likeness (QED) is 0.439. The zero-order chi connectivity index (χ0) is 20.9. The molecule has 0 saturated carbocycles. The fourth-order valence-corrected chi connectivity index (χ4v) is 3.04. The van der Waals surface area contributed by atoms with Crippen LogP contribution in [0.3, 0.4) is 0 Å². The number of para-hydroxylation sites is 1. The molecule has 2 rings (SSSR count). The molecule has 0 fully saturated rings. The van der Waals surface area contributed by atoms with Crippen molar-refractivity contribution in [3.05, 3.63) is 65.5 Å². The second kappa shape index (κ2) is 9.12. The molecule has 0 bridgehead atoms. The third-order valence-corrected chi connectivity index (χ3v) is 4.57. The van der Waals surface area contributed by atoms with Crippen molar-refractivity contribution >= 4 is 46.3 Å². The molecule has 0 heterocycles. The summed E-state index contributed by atoms with van der Waals surface area (Å²) in [7, 11) is 3.35. The number of hydrogen-bond acceptors (Lipinski definition) is 3. The molecule has 0 aliphatic rings. The first-order valence-corrected chi connectivity index (χ1v) is 9.42. The van der Waals surface area contributed by atoms with Gasteiger partial charge in [-0.25, -0.2) is 4.79 Å². The van der Waals surface area contributed by atoms with E-state index in [0.717, 1.165) is 11.1 Å². The van der Waals surface area contributed by atoms with Gasteiger partial charge in [-0.2, -0.15) is 0 Å². The fourth-order valence-electron chi connectivity index (χ4n) is 2.51. The summed E-state index contributed by atoms with van der Waals surface area (Å²) >= 11 is 11.5. The summed E-state index contributed by atoms with van der Waals surface area (Å²) in [5, 5.41) is 10.1. The van der Waals surface area contributed by atoms with E-state index in [9.17, 15) is 4.79 Å². The summed E-state index contributed by atoms with van der Waals surface area (Å²) in [5.41, 5.74) is 8.41. The number of rotatable bonds is 5. The van der Waals surface area contributed by atoms with Gasteiger partial charge in [0.1, 0.15) is 0 Å². The third-order valence-electron chi connectivity index (χ3n) is 4.13. The van der Waals surface area contributed by atoms with E-state index in [1.807, 2.05) is 43.3 Å². The maximum Gasteiger partial charge on any atom is 0.317 e. The largest absolute Gasteiger partial charge is 0.397 e. The van der Waals surface area contributed by atoms with Crippen LogP contribution in [0.15, 0.2) is 42.5 Å². The minimum absolute atomic E-state index is 0.190. The summed E-state index contributed by atoms with van der Waals surface area (Å²) in [5.74, 6) is 0. The van der Waals surface area contributed by atoms with Crippen molar-refractivity contribution < 1.29 is 4.79 Å². The Morgan fingerprint density at radius 2 is 1.96 bits per heavy atom. The lowest BCUT2D eigenvalue weighted by atomic mass is 9.94. The first kappa shape index (κ1) is 21.8. The number of carbonyl (C=O) groups excluding carboxylic acids is 1. The molecule has 149 valence electrons. The first-order valence-electron chi connectivity index (χ1n) is 8.63. The molecule has 2 aromatic carbocycles. The molecular weight excluding hydrogens is 394 g/mol. The van der Waals surface area contributed by atoms with Gasteiger partial charge in [0.15, 0.2) is 5.11 Å². The average molecular weight is 419 g/mol. The van der Waals surface area contributed by atoms with Crippen molar-refractivity contribution in [1.29, 1.82) is 0 Å². The van der Waals surface area contributed by atoms with Crippen molar-refractivity contribution in [2.24, 2.45) is 0 Å². The number of thiocarbonyl (C=S) groups is 1. The number of nitrogen functional groups attached to an aromatic ring is 1. The summed E-state index contributed by atoms with van der Waals surface area (Å²) < 4.78 is 0. The highest BCUT2D eigenvalue weighted by atomic mass is 35.5. The molecular formula is C20H25ClN5OS. The monoisotopic (exact) mass is 418 g/mol. The number of halogens is 1. The second-order valence-electron chi connectivity index (χ2n) is 6.85. The fraction of sp³-hybridized carbons (Fsp3) is 0.250. The molecule has 1 radical (unpaired) electrons. The van der Waals surface area contributed by atoms with E-state index in [-0.39, 0.29) is 6.03 Å². The van der Waals surface area contributed by atoms with E-state index in [2.05, 4.69) is 22.9 Å². The Labute approximate surface area is 176 Å². The van der Waals surface area contributed by atoms with Gasteiger partial charge in [0.25, 0.3) is 0 Å². The van der Waals surface area contributed by atoms with Crippen molar-refractivity contribution in [2.45, 2.75) is 19.0 Å². The molecule has 1 unspecified atom stereocenters. The zero-order valence-electron chi connectivity index (χ0n) is 16.2. The summed E-state index contributed by atoms with van der Waals surface area (Å²) in [6, 6.07) is 12.8. The van der Waals surface area contributed by atoms with E-state index >= 15 is 0 Å². The molecule has 2 aromatic rings. The summed E-state index contributed by atoms with van der Waals surface area (Å²) in [6.45, 7) is 6.41. The van der Waals surface area contributed by atoms with Crippen LogP contribution >= 0.6 is 23.8 Å². The number of amides is 2. The summed E-state index contributed by atoms with van der Waals surface area (Å²) in [4.78, 5) is 13.2. The Hall–Kier alpha value is -2.51. The van der Waals surface area contributed by atoms with Crippen molar-refractivity contribution in [1.82, 2.24) is 15.5 Å². The van der Waals surface area contributed by atoms with Gasteiger partial charge >= 0.3 is 6.03 Å². The lowest BCUT2D eigenvalue weighted by Crippen LogP contribution is -2.43. The van der Waals surface area contributed by atoms with Gasteiger partial charge in [0, 0.05) is 25.7 Å². The van der Waals surface area contributed by atoms with E-state index in [1.54, 1.807) is 20.2 Å². The minimum atomic E-state index is -0.680. The number of benzene rings is 2. The standard InChI is InChI=1S/C20H25ClN5OS/c1-20(2,14-8-6-9-15(21)11-14)25-18(28)24-16-10-5-7-13(17(16)22)12-23-19(27)26(3)4/h5-11H,1,12,22H2,2-4H3,(H,23,27)(H2,24,25,28). The Morgan fingerprint density at radius 1 is 1.29 bits per heavy atom. The zero-order valence-corrected chi connectivity index (χ0v) is 17.7. The maximum absolute atomic E-state index is 11.7. The predicted octanol–water partition coefficient (Wildman–Crippen LogP) is 3.73. The third kappa shape index (κ3) is 5.74. The molecule has 6 nitrogen and oxygen atoms in total. The predicted molar refractivity (Wildman–Crippen MR) is 120 cm³/mol. The van der Waals surface area contributed by atoms with E-state index in [1.165, 1.54) is 4.90 Å². The van der Waals surface area contributed by atoms with Gasteiger partial charge < -0.3 is 26.6 Å². The molecule has 8 heteroatoms. The van der Waals surface area contributed by atoms with Gasteiger partial charge in [-0.1, -0.05) is 35.9 Å². The molecule has 0 aliphatic heterocycles. The van der Waals surface area contributed by atoms with Crippen LogP contribution in [0.1, 0.15) is 18.1 Å². The Balaban J connectivity index is 2.07. The number of carbonyl (C=O) groups is 1. The van der Waals surface area contributed by atoms with Crippen molar-refractivity contribution in [3.8, 4) is 0 Å². The van der Waals surface area contributed by atoms with Gasteiger partial charge in [-0.3, -0.25) is 0 Å². The molecule has 0 spiro atoms. The molecule has 28 heavy (non-hydrogen) atoms. The van der Waals surface area contributed by atoms with Crippen LogP contribution < -0.4 is 21.7 Å². The first-order chi connectivity index (χ1) is 13.1. The molecule has 0 saturated heterocycles. The van der Waals surface area contributed by atoms with Crippen LogP contribution in [-0.4, -0.2) is 30.1 Å². The van der Waals surface area contributed by atoms with Crippen LogP contribution in [0.25, 0.3) is 0 Å². The van der Waals surface area contributed by atoms with Crippen LogP contribution in [-0.2, 0) is 12.1 Å². The number of anilines is 2. The van der Waals surface area contributed by atoms with Gasteiger partial charge in [0.05, 0.1) is 16.9 Å². The number of nitrogens with zero attached hydrogens (tertiary/aromatic N) is 1. The number of urea groups is 1. The van der Waals surface area contributed by atoms with E-state index in [4.69, 9.17) is 29.6 Å². The minimum Gasteiger partial charge on any atom is -0.397 e. The Kier molecular flexibility index (Phi) is 7.10. The SMILES string of the molecule is [CH2]C(C)(NC(=S)Nc1cccc(CNC(=O)N(C)C)c1N)c1cccc(Cl)c1. The summed E-state index contributed by atoms with van der Waals surface area (Å²) in [6.07, 6.45) is 0. The Morgan fingerprint density at radius 3 is 2.61 bits per heavy atom. The van der Waals surface area contributed by atoms with Gasteiger partial charge in [-0.15, -0.1) is 0 Å². The smallest absolute Gasteiger partial charge is 0.317 e. The lowest BCUT2D eigenvalue weighted by Gasteiger charge is -2.29. The highest BCUT2D eigenvalue weighted by molar-refractivity contribution is 7.80. The number of nitrogens with one attached hydrogen (secondary N) is 3. The van der Waals surface area contributed by atoms with Crippen LogP contribution in [0.5, 0.6) is 0 Å². The maximum atomic E-state index is 11.7. The topological polar surface area (TPSA) is 82.4 Å². The average Bonchev–Trinajstić information content (AvgIpc) is 2.61. The molecule has 0 aromatic heterocycles. The second-order valence-corrected chi connectivity index (χ2v) is 7.70. The highest BCUT2D eigenvalue weighted by Gasteiger charge is 2.22. The van der Waals surface area contributed by atoms with Gasteiger partial charge in [-0.05, 0) is 55.4 Å². The molecule has 2 amide bonds. The van der Waals surface area contributed by atoms with Crippen LogP contribution in [0, 0.1) is 6.92 Å². The lowest BCUT2D eigenvalue weighted by molar-refractivity contribution is 0.217.